The number of esters is 1. The maximum absolute atomic E-state index is 12.2. The van der Waals surface area contributed by atoms with E-state index in [-0.39, 0.29) is 12.5 Å². The van der Waals surface area contributed by atoms with Crippen molar-refractivity contribution >= 4 is 11.9 Å². The SMILES string of the molecule is CCN(CC)C(=O)COC(=O)c1cn[nH]c1-c1ccccc1. The molecule has 1 aromatic carbocycles. The Hall–Kier alpha value is -2.63. The summed E-state index contributed by atoms with van der Waals surface area (Å²) >= 11 is 0. The Morgan fingerprint density at radius 1 is 1.18 bits per heavy atom. The predicted octanol–water partition coefficient (Wildman–Crippen LogP) is 2.10. The van der Waals surface area contributed by atoms with Gasteiger partial charge in [0.05, 0.1) is 11.9 Å². The number of hydrogen-bond acceptors (Lipinski definition) is 4. The average Bonchev–Trinajstić information content (AvgIpc) is 3.04. The maximum Gasteiger partial charge on any atom is 0.342 e. The minimum absolute atomic E-state index is 0.205. The van der Waals surface area contributed by atoms with Gasteiger partial charge in [-0.1, -0.05) is 30.3 Å². The first kappa shape index (κ1) is 15.8. The number of carbonyl (C=O) groups excluding carboxylic acids is 2. The van der Waals surface area contributed by atoms with E-state index in [2.05, 4.69) is 10.2 Å². The molecule has 1 aromatic heterocycles. The molecular formula is C16H19N3O3. The molecule has 6 heteroatoms. The second kappa shape index (κ2) is 7.40. The average molecular weight is 301 g/mol. The first-order valence-electron chi connectivity index (χ1n) is 7.21. The Balaban J connectivity index is 2.06. The predicted molar refractivity (Wildman–Crippen MR) is 82.2 cm³/mol. The van der Waals surface area contributed by atoms with E-state index in [0.29, 0.717) is 24.3 Å². The van der Waals surface area contributed by atoms with Crippen molar-refractivity contribution in [2.45, 2.75) is 13.8 Å². The number of aromatic nitrogens is 2. The molecule has 0 unspecified atom stereocenters. The lowest BCUT2D eigenvalue weighted by atomic mass is 10.1. The number of rotatable bonds is 6. The number of aromatic amines is 1. The van der Waals surface area contributed by atoms with Crippen LogP contribution in [0.15, 0.2) is 36.5 Å². The van der Waals surface area contributed by atoms with Gasteiger partial charge in [0.2, 0.25) is 0 Å². The third-order valence-electron chi connectivity index (χ3n) is 3.36. The van der Waals surface area contributed by atoms with Gasteiger partial charge in [-0.2, -0.15) is 5.10 Å². The zero-order valence-electron chi connectivity index (χ0n) is 12.7. The lowest BCUT2D eigenvalue weighted by molar-refractivity contribution is -0.134. The normalized spacial score (nSPS) is 10.3. The summed E-state index contributed by atoms with van der Waals surface area (Å²) in [5.41, 5.74) is 1.74. The van der Waals surface area contributed by atoms with Crippen LogP contribution in [-0.4, -0.2) is 46.7 Å². The molecular weight excluding hydrogens is 282 g/mol. The van der Waals surface area contributed by atoms with E-state index in [0.717, 1.165) is 5.56 Å². The van der Waals surface area contributed by atoms with Gasteiger partial charge in [-0.25, -0.2) is 4.79 Å². The molecule has 0 aliphatic heterocycles. The number of ether oxygens (including phenoxy) is 1. The van der Waals surface area contributed by atoms with Gasteiger partial charge in [0.15, 0.2) is 6.61 Å². The monoisotopic (exact) mass is 301 g/mol. The largest absolute Gasteiger partial charge is 0.452 e. The summed E-state index contributed by atoms with van der Waals surface area (Å²) in [5, 5.41) is 6.68. The molecule has 0 radical (unpaired) electrons. The molecule has 22 heavy (non-hydrogen) atoms. The zero-order chi connectivity index (χ0) is 15.9. The topological polar surface area (TPSA) is 75.3 Å². The first-order chi connectivity index (χ1) is 10.7. The number of amides is 1. The van der Waals surface area contributed by atoms with Crippen molar-refractivity contribution in [2.24, 2.45) is 0 Å². The van der Waals surface area contributed by atoms with Crippen molar-refractivity contribution in [3.8, 4) is 11.3 Å². The Labute approximate surface area is 129 Å². The first-order valence-corrected chi connectivity index (χ1v) is 7.21. The number of H-pyrrole nitrogens is 1. The van der Waals surface area contributed by atoms with E-state index in [1.165, 1.54) is 6.20 Å². The van der Waals surface area contributed by atoms with Gasteiger partial charge < -0.3 is 9.64 Å². The summed E-state index contributed by atoms with van der Waals surface area (Å²) in [6, 6.07) is 9.36. The van der Waals surface area contributed by atoms with E-state index in [1.54, 1.807) is 4.90 Å². The molecule has 6 nitrogen and oxygen atoms in total. The fourth-order valence-corrected chi connectivity index (χ4v) is 2.14. The summed E-state index contributed by atoms with van der Waals surface area (Å²) < 4.78 is 5.10. The summed E-state index contributed by atoms with van der Waals surface area (Å²) in [5.74, 6) is -0.767. The third kappa shape index (κ3) is 3.52. The van der Waals surface area contributed by atoms with E-state index in [9.17, 15) is 9.59 Å². The van der Waals surface area contributed by atoms with Crippen LogP contribution >= 0.6 is 0 Å². The molecule has 0 aliphatic rings. The van der Waals surface area contributed by atoms with Crippen LogP contribution in [-0.2, 0) is 9.53 Å². The molecule has 1 amide bonds. The Kier molecular flexibility index (Phi) is 5.30. The summed E-state index contributed by atoms with van der Waals surface area (Å²) in [4.78, 5) is 25.6. The molecule has 2 rings (SSSR count). The van der Waals surface area contributed by atoms with Crippen LogP contribution in [0.5, 0.6) is 0 Å². The molecule has 0 saturated carbocycles. The highest BCUT2D eigenvalue weighted by atomic mass is 16.5. The Morgan fingerprint density at radius 2 is 1.86 bits per heavy atom. The van der Waals surface area contributed by atoms with Crippen molar-refractivity contribution in [3.05, 3.63) is 42.1 Å². The van der Waals surface area contributed by atoms with Gasteiger partial charge in [-0.3, -0.25) is 9.89 Å². The molecule has 0 atom stereocenters. The molecule has 0 bridgehead atoms. The van der Waals surface area contributed by atoms with Crippen LogP contribution in [0, 0.1) is 0 Å². The van der Waals surface area contributed by atoms with Crippen LogP contribution in [0.2, 0.25) is 0 Å². The maximum atomic E-state index is 12.2. The Bertz CT molecular complexity index is 633. The number of nitrogens with zero attached hydrogens (tertiary/aromatic N) is 2. The van der Waals surface area contributed by atoms with Crippen molar-refractivity contribution in [1.82, 2.24) is 15.1 Å². The summed E-state index contributed by atoms with van der Waals surface area (Å²) in [7, 11) is 0. The van der Waals surface area contributed by atoms with Crippen LogP contribution in [0.1, 0.15) is 24.2 Å². The third-order valence-corrected chi connectivity index (χ3v) is 3.36. The fraction of sp³-hybridized carbons (Fsp3) is 0.312. The van der Waals surface area contributed by atoms with Crippen LogP contribution in [0.3, 0.4) is 0 Å². The van der Waals surface area contributed by atoms with Gasteiger partial charge in [0.1, 0.15) is 5.56 Å². The molecule has 0 aliphatic carbocycles. The number of hydrogen-bond donors (Lipinski definition) is 1. The van der Waals surface area contributed by atoms with E-state index in [4.69, 9.17) is 4.74 Å². The minimum Gasteiger partial charge on any atom is -0.452 e. The highest BCUT2D eigenvalue weighted by molar-refractivity contribution is 5.96. The summed E-state index contributed by atoms with van der Waals surface area (Å²) in [6.45, 7) is 4.68. The molecule has 0 fully saturated rings. The number of likely N-dealkylation sites (N-methyl/N-ethyl adjacent to an activating group) is 1. The minimum atomic E-state index is -0.562. The molecule has 1 heterocycles. The standard InChI is InChI=1S/C16H19N3O3/c1-3-19(4-2)14(20)11-22-16(21)13-10-17-18-15(13)12-8-6-5-7-9-12/h5-10H,3-4,11H2,1-2H3,(H,17,18). The summed E-state index contributed by atoms with van der Waals surface area (Å²) in [6.07, 6.45) is 1.41. The quantitative estimate of drug-likeness (QED) is 0.829. The van der Waals surface area contributed by atoms with Crippen molar-refractivity contribution < 1.29 is 14.3 Å². The van der Waals surface area contributed by atoms with Gasteiger partial charge in [0, 0.05) is 18.7 Å². The van der Waals surface area contributed by atoms with Gasteiger partial charge in [-0.15, -0.1) is 0 Å². The molecule has 0 spiro atoms. The second-order valence-corrected chi connectivity index (χ2v) is 4.67. The van der Waals surface area contributed by atoms with Crippen molar-refractivity contribution in [1.29, 1.82) is 0 Å². The highest BCUT2D eigenvalue weighted by Gasteiger charge is 2.19. The molecule has 2 aromatic rings. The van der Waals surface area contributed by atoms with Crippen LogP contribution < -0.4 is 0 Å². The van der Waals surface area contributed by atoms with Crippen molar-refractivity contribution in [3.63, 3.8) is 0 Å². The van der Waals surface area contributed by atoms with Gasteiger partial charge >= 0.3 is 5.97 Å². The molecule has 0 saturated heterocycles. The lowest BCUT2D eigenvalue weighted by Gasteiger charge is -2.18. The van der Waals surface area contributed by atoms with E-state index in [1.807, 2.05) is 44.2 Å². The van der Waals surface area contributed by atoms with E-state index >= 15 is 0 Å². The fourth-order valence-electron chi connectivity index (χ4n) is 2.14. The second-order valence-electron chi connectivity index (χ2n) is 4.67. The van der Waals surface area contributed by atoms with E-state index < -0.39 is 5.97 Å². The smallest absolute Gasteiger partial charge is 0.342 e. The van der Waals surface area contributed by atoms with Gasteiger partial charge in [0.25, 0.3) is 5.91 Å². The lowest BCUT2D eigenvalue weighted by Crippen LogP contribution is -2.34. The van der Waals surface area contributed by atoms with Crippen molar-refractivity contribution in [2.75, 3.05) is 19.7 Å². The molecule has 1 N–H and O–H groups in total. The molecule has 116 valence electrons. The zero-order valence-corrected chi connectivity index (χ0v) is 12.7. The Morgan fingerprint density at radius 3 is 2.50 bits per heavy atom. The van der Waals surface area contributed by atoms with Crippen LogP contribution in [0.25, 0.3) is 11.3 Å². The number of carbonyl (C=O) groups is 2. The van der Waals surface area contributed by atoms with Gasteiger partial charge in [-0.05, 0) is 13.8 Å². The number of nitrogens with one attached hydrogen (secondary N) is 1. The number of benzene rings is 1. The highest BCUT2D eigenvalue weighted by Crippen LogP contribution is 2.21. The van der Waals surface area contributed by atoms with Crippen LogP contribution in [0.4, 0.5) is 0 Å².